The van der Waals surface area contributed by atoms with E-state index in [1.165, 1.54) is 61.0 Å². The van der Waals surface area contributed by atoms with Crippen LogP contribution < -0.4 is 5.32 Å². The number of halogens is 1. The Morgan fingerprint density at radius 3 is 2.25 bits per heavy atom. The Labute approximate surface area is 191 Å². The summed E-state index contributed by atoms with van der Waals surface area (Å²) in [6.45, 7) is 3.43. The zero-order valence-electron chi connectivity index (χ0n) is 18.9. The van der Waals surface area contributed by atoms with Crippen LogP contribution in [0.3, 0.4) is 0 Å². The van der Waals surface area contributed by atoms with Crippen molar-refractivity contribution >= 4 is 15.9 Å². The Morgan fingerprint density at radius 1 is 0.969 bits per heavy atom. The number of hydrogen-bond acceptors (Lipinski definition) is 4. The minimum atomic E-state index is -3.88. The van der Waals surface area contributed by atoms with E-state index in [1.807, 2.05) is 0 Å². The van der Waals surface area contributed by atoms with E-state index >= 15 is 0 Å². The number of amides is 1. The van der Waals surface area contributed by atoms with Crippen LogP contribution >= 0.6 is 0 Å². The van der Waals surface area contributed by atoms with Crippen LogP contribution in [-0.2, 0) is 14.8 Å². The maximum Gasteiger partial charge on any atom is 0.245 e. The zero-order valence-corrected chi connectivity index (χ0v) is 19.7. The lowest BCUT2D eigenvalue weighted by atomic mass is 9.79. The molecule has 0 unspecified atom stereocenters. The summed E-state index contributed by atoms with van der Waals surface area (Å²) in [7, 11) is -3.88. The SMILES string of the molecule is O=C(NCC1(N2CCCCC2)CCCCC1)C1CCN(S(=O)(=O)c2ccccc2F)CC1. The average Bonchev–Trinajstić information content (AvgIpc) is 2.84. The van der Waals surface area contributed by atoms with Gasteiger partial charge in [-0.3, -0.25) is 9.69 Å². The topological polar surface area (TPSA) is 69.7 Å². The average molecular weight is 466 g/mol. The molecule has 1 aliphatic carbocycles. The van der Waals surface area contributed by atoms with Crippen LogP contribution in [0.15, 0.2) is 29.2 Å². The monoisotopic (exact) mass is 465 g/mol. The molecule has 4 rings (SSSR count). The van der Waals surface area contributed by atoms with Gasteiger partial charge in [0.2, 0.25) is 15.9 Å². The number of nitrogens with zero attached hydrogens (tertiary/aromatic N) is 2. The molecule has 1 aromatic rings. The first-order valence-electron chi connectivity index (χ1n) is 12.2. The van der Waals surface area contributed by atoms with E-state index in [0.29, 0.717) is 19.4 Å². The lowest BCUT2D eigenvalue weighted by Gasteiger charge is -2.48. The van der Waals surface area contributed by atoms with E-state index < -0.39 is 15.8 Å². The van der Waals surface area contributed by atoms with Crippen molar-refractivity contribution in [2.24, 2.45) is 5.92 Å². The molecule has 3 fully saturated rings. The Balaban J connectivity index is 1.33. The molecule has 1 aromatic carbocycles. The molecule has 6 nitrogen and oxygen atoms in total. The van der Waals surface area contributed by atoms with Crippen LogP contribution in [-0.4, -0.2) is 61.8 Å². The van der Waals surface area contributed by atoms with Gasteiger partial charge in [0.05, 0.1) is 0 Å². The normalized spacial score (nSPS) is 23.7. The Kier molecular flexibility index (Phi) is 7.52. The predicted molar refractivity (Wildman–Crippen MR) is 122 cm³/mol. The Bertz CT molecular complexity index is 888. The first-order valence-corrected chi connectivity index (χ1v) is 13.6. The van der Waals surface area contributed by atoms with Crippen molar-refractivity contribution in [3.05, 3.63) is 30.1 Å². The third kappa shape index (κ3) is 5.02. The minimum Gasteiger partial charge on any atom is -0.354 e. The van der Waals surface area contributed by atoms with Crippen LogP contribution in [0.4, 0.5) is 4.39 Å². The van der Waals surface area contributed by atoms with Crippen molar-refractivity contribution in [3.8, 4) is 0 Å². The summed E-state index contributed by atoms with van der Waals surface area (Å²) in [5.41, 5.74) is 0.0865. The van der Waals surface area contributed by atoms with Crippen molar-refractivity contribution < 1.29 is 17.6 Å². The highest BCUT2D eigenvalue weighted by Gasteiger charge is 2.39. The molecule has 2 saturated heterocycles. The molecule has 1 N–H and O–H groups in total. The highest BCUT2D eigenvalue weighted by Crippen LogP contribution is 2.35. The molecule has 1 amide bonds. The Hall–Kier alpha value is -1.51. The third-order valence-electron chi connectivity index (χ3n) is 7.68. The van der Waals surface area contributed by atoms with Crippen LogP contribution in [0.2, 0.25) is 0 Å². The second-order valence-corrected chi connectivity index (χ2v) is 11.6. The van der Waals surface area contributed by atoms with E-state index in [0.717, 1.165) is 32.0 Å². The number of likely N-dealkylation sites (tertiary alicyclic amines) is 1. The molecule has 0 bridgehead atoms. The van der Waals surface area contributed by atoms with Gasteiger partial charge < -0.3 is 5.32 Å². The van der Waals surface area contributed by atoms with E-state index in [-0.39, 0.29) is 35.3 Å². The number of nitrogens with one attached hydrogen (secondary N) is 1. The standard InChI is InChI=1S/C24H36FN3O3S/c25-21-9-3-4-10-22(21)32(30,31)28-17-11-20(12-18-28)23(29)26-19-24(13-5-1-6-14-24)27-15-7-2-8-16-27/h3-4,9-10,20H,1-2,5-8,11-19H2,(H,26,29). The largest absolute Gasteiger partial charge is 0.354 e. The van der Waals surface area contributed by atoms with Gasteiger partial charge in [-0.05, 0) is 63.7 Å². The molecular weight excluding hydrogens is 429 g/mol. The molecule has 32 heavy (non-hydrogen) atoms. The Morgan fingerprint density at radius 2 is 1.59 bits per heavy atom. The highest BCUT2D eigenvalue weighted by molar-refractivity contribution is 7.89. The molecular formula is C24H36FN3O3S. The summed E-state index contributed by atoms with van der Waals surface area (Å²) in [5, 5.41) is 3.25. The summed E-state index contributed by atoms with van der Waals surface area (Å²) in [4.78, 5) is 15.3. The van der Waals surface area contributed by atoms with Crippen molar-refractivity contribution in [2.45, 2.75) is 74.6 Å². The number of hydrogen-bond donors (Lipinski definition) is 1. The van der Waals surface area contributed by atoms with Gasteiger partial charge in [-0.1, -0.05) is 37.8 Å². The smallest absolute Gasteiger partial charge is 0.245 e. The van der Waals surface area contributed by atoms with E-state index in [4.69, 9.17) is 0 Å². The second kappa shape index (κ2) is 10.2. The van der Waals surface area contributed by atoms with Gasteiger partial charge in [0.25, 0.3) is 0 Å². The molecule has 1 saturated carbocycles. The van der Waals surface area contributed by atoms with E-state index in [1.54, 1.807) is 0 Å². The van der Waals surface area contributed by atoms with Crippen LogP contribution in [0.1, 0.15) is 64.2 Å². The molecule has 3 aliphatic rings. The minimum absolute atomic E-state index is 0.0369. The highest BCUT2D eigenvalue weighted by atomic mass is 32.2. The van der Waals surface area contributed by atoms with Crippen molar-refractivity contribution in [2.75, 3.05) is 32.7 Å². The molecule has 178 valence electrons. The zero-order chi connectivity index (χ0) is 22.6. The van der Waals surface area contributed by atoms with Crippen molar-refractivity contribution in [1.29, 1.82) is 0 Å². The van der Waals surface area contributed by atoms with Gasteiger partial charge in [-0.2, -0.15) is 4.31 Å². The summed E-state index contributed by atoms with van der Waals surface area (Å²) < 4.78 is 41.0. The lowest BCUT2D eigenvalue weighted by molar-refractivity contribution is -0.127. The lowest BCUT2D eigenvalue weighted by Crippen LogP contribution is -2.58. The number of carbonyl (C=O) groups excluding carboxylic acids is 1. The number of benzene rings is 1. The first kappa shape index (κ1) is 23.6. The van der Waals surface area contributed by atoms with Gasteiger partial charge in [-0.15, -0.1) is 0 Å². The van der Waals surface area contributed by atoms with Gasteiger partial charge in [-0.25, -0.2) is 12.8 Å². The fourth-order valence-corrected chi connectivity index (χ4v) is 7.27. The summed E-state index contributed by atoms with van der Waals surface area (Å²) >= 11 is 0. The summed E-state index contributed by atoms with van der Waals surface area (Å²) in [6, 6.07) is 5.47. The number of carbonyl (C=O) groups is 1. The van der Waals surface area contributed by atoms with Crippen molar-refractivity contribution in [1.82, 2.24) is 14.5 Å². The number of piperidine rings is 2. The molecule has 2 heterocycles. The van der Waals surface area contributed by atoms with Crippen LogP contribution in [0.25, 0.3) is 0 Å². The van der Waals surface area contributed by atoms with Crippen LogP contribution in [0.5, 0.6) is 0 Å². The van der Waals surface area contributed by atoms with Gasteiger partial charge in [0.1, 0.15) is 10.7 Å². The second-order valence-electron chi connectivity index (χ2n) is 9.66. The fourth-order valence-electron chi connectivity index (χ4n) is 5.73. The van der Waals surface area contributed by atoms with Crippen molar-refractivity contribution in [3.63, 3.8) is 0 Å². The molecule has 2 aliphatic heterocycles. The van der Waals surface area contributed by atoms with Gasteiger partial charge in [0, 0.05) is 31.1 Å². The fraction of sp³-hybridized carbons (Fsp3) is 0.708. The number of rotatable bonds is 6. The molecule has 0 atom stereocenters. The molecule has 0 aromatic heterocycles. The summed E-state index contributed by atoms with van der Waals surface area (Å²) in [6.07, 6.45) is 10.7. The number of sulfonamides is 1. The first-order chi connectivity index (χ1) is 15.4. The van der Waals surface area contributed by atoms with E-state index in [9.17, 15) is 17.6 Å². The molecule has 0 radical (unpaired) electrons. The van der Waals surface area contributed by atoms with Gasteiger partial charge >= 0.3 is 0 Å². The van der Waals surface area contributed by atoms with Gasteiger partial charge in [0.15, 0.2) is 0 Å². The molecule has 8 heteroatoms. The van der Waals surface area contributed by atoms with E-state index in [2.05, 4.69) is 10.2 Å². The molecule has 0 spiro atoms. The predicted octanol–water partition coefficient (Wildman–Crippen LogP) is 3.53. The van der Waals surface area contributed by atoms with Crippen LogP contribution in [0, 0.1) is 11.7 Å². The third-order valence-corrected chi connectivity index (χ3v) is 9.61. The summed E-state index contributed by atoms with van der Waals surface area (Å²) in [5.74, 6) is -0.887. The maximum atomic E-state index is 14.0. The maximum absolute atomic E-state index is 14.0. The quantitative estimate of drug-likeness (QED) is 0.698.